The van der Waals surface area contributed by atoms with Crippen molar-refractivity contribution in [2.45, 2.75) is 17.2 Å². The van der Waals surface area contributed by atoms with Crippen LogP contribution in [0.15, 0.2) is 70.3 Å². The summed E-state index contributed by atoms with van der Waals surface area (Å²) >= 11 is 1.16. The Morgan fingerprint density at radius 2 is 1.80 bits per heavy atom. The summed E-state index contributed by atoms with van der Waals surface area (Å²) in [4.78, 5) is 12.3. The highest BCUT2D eigenvalue weighted by Crippen LogP contribution is 2.27. The molecule has 1 unspecified atom stereocenters. The first-order valence-electron chi connectivity index (χ1n) is 8.91. The summed E-state index contributed by atoms with van der Waals surface area (Å²) in [6.07, 6.45) is -0.779. The Morgan fingerprint density at radius 3 is 2.37 bits per heavy atom. The molecule has 0 radical (unpaired) electrons. The molecule has 154 valence electrons. The van der Waals surface area contributed by atoms with Crippen molar-refractivity contribution in [1.29, 1.82) is 5.26 Å². The van der Waals surface area contributed by atoms with E-state index in [1.807, 2.05) is 6.07 Å². The van der Waals surface area contributed by atoms with Crippen molar-refractivity contribution in [3.05, 3.63) is 71.6 Å². The van der Waals surface area contributed by atoms with Gasteiger partial charge in [0.1, 0.15) is 9.96 Å². The van der Waals surface area contributed by atoms with Gasteiger partial charge in [0.25, 0.3) is 15.9 Å². The Labute approximate surface area is 179 Å². The van der Waals surface area contributed by atoms with Crippen LogP contribution in [0.3, 0.4) is 0 Å². The van der Waals surface area contributed by atoms with E-state index in [1.54, 1.807) is 73.0 Å². The molecule has 1 aromatic heterocycles. The highest BCUT2D eigenvalue weighted by molar-refractivity contribution is 7.94. The predicted molar refractivity (Wildman–Crippen MR) is 116 cm³/mol. The van der Waals surface area contributed by atoms with Gasteiger partial charge in [-0.3, -0.25) is 9.10 Å². The molecule has 1 N–H and O–H groups in total. The summed E-state index contributed by atoms with van der Waals surface area (Å²) in [5, 5.41) is 13.2. The molecule has 1 heterocycles. The summed E-state index contributed by atoms with van der Waals surface area (Å²) in [6, 6.07) is 18.2. The topological polar surface area (TPSA) is 99.5 Å². The first-order valence-corrected chi connectivity index (χ1v) is 11.2. The Kier molecular flexibility index (Phi) is 6.40. The van der Waals surface area contributed by atoms with E-state index >= 15 is 0 Å². The summed E-state index contributed by atoms with van der Waals surface area (Å²) in [6.45, 7) is 1.61. The van der Waals surface area contributed by atoms with Crippen LogP contribution in [0, 0.1) is 11.3 Å². The van der Waals surface area contributed by atoms with Gasteiger partial charge in [0.2, 0.25) is 0 Å². The Balaban J connectivity index is 1.63. The van der Waals surface area contributed by atoms with Crippen molar-refractivity contribution in [3.8, 4) is 11.8 Å². The van der Waals surface area contributed by atoms with E-state index in [0.29, 0.717) is 22.7 Å². The van der Waals surface area contributed by atoms with Gasteiger partial charge in [0.05, 0.1) is 17.3 Å². The molecular formula is C21H19N3O4S2. The van der Waals surface area contributed by atoms with Gasteiger partial charge in [0.15, 0.2) is 6.10 Å². The third-order valence-electron chi connectivity index (χ3n) is 4.27. The molecule has 1 amide bonds. The lowest BCUT2D eigenvalue weighted by Gasteiger charge is -2.19. The van der Waals surface area contributed by atoms with E-state index in [-0.39, 0.29) is 10.1 Å². The quantitative estimate of drug-likeness (QED) is 0.600. The molecule has 0 saturated heterocycles. The number of ether oxygens (including phenoxy) is 1. The van der Waals surface area contributed by atoms with E-state index in [9.17, 15) is 13.2 Å². The van der Waals surface area contributed by atoms with Gasteiger partial charge < -0.3 is 10.1 Å². The van der Waals surface area contributed by atoms with Crippen molar-refractivity contribution in [1.82, 2.24) is 0 Å². The van der Waals surface area contributed by atoms with Crippen LogP contribution in [0.4, 0.5) is 11.4 Å². The van der Waals surface area contributed by atoms with Crippen LogP contribution >= 0.6 is 11.3 Å². The maximum atomic E-state index is 12.6. The molecule has 3 rings (SSSR count). The summed E-state index contributed by atoms with van der Waals surface area (Å²) in [5.74, 6) is 0.0873. The monoisotopic (exact) mass is 441 g/mol. The molecule has 7 nitrogen and oxygen atoms in total. The number of amides is 1. The maximum absolute atomic E-state index is 12.6. The van der Waals surface area contributed by atoms with Crippen LogP contribution < -0.4 is 14.4 Å². The zero-order valence-electron chi connectivity index (χ0n) is 16.3. The molecule has 0 aliphatic rings. The van der Waals surface area contributed by atoms with Gasteiger partial charge in [0, 0.05) is 12.7 Å². The average Bonchev–Trinajstić information content (AvgIpc) is 3.30. The number of nitrogens with zero attached hydrogens (tertiary/aromatic N) is 2. The van der Waals surface area contributed by atoms with Gasteiger partial charge in [-0.1, -0.05) is 6.07 Å². The fourth-order valence-corrected chi connectivity index (χ4v) is 4.90. The molecule has 0 aliphatic heterocycles. The third-order valence-corrected chi connectivity index (χ3v) is 7.43. The number of carbonyl (C=O) groups excluding carboxylic acids is 1. The number of sulfonamides is 1. The second-order valence-corrected chi connectivity index (χ2v) is 9.48. The standard InChI is InChI=1S/C21H19N3O4S2/c1-15(21(25)23-17-7-5-16(14-22)6-8-17)28-19-11-9-18(10-12-19)24(2)30(26,27)20-4-3-13-29-20/h3-13,15H,1-2H3,(H,23,25). The Bertz CT molecular complexity index is 1150. The van der Waals surface area contributed by atoms with E-state index in [4.69, 9.17) is 10.00 Å². The number of anilines is 2. The van der Waals surface area contributed by atoms with Crippen molar-refractivity contribution in [2.75, 3.05) is 16.7 Å². The summed E-state index contributed by atoms with van der Waals surface area (Å²) in [5.41, 5.74) is 1.54. The summed E-state index contributed by atoms with van der Waals surface area (Å²) in [7, 11) is -2.13. The molecule has 9 heteroatoms. The van der Waals surface area contributed by atoms with Crippen molar-refractivity contribution in [3.63, 3.8) is 0 Å². The van der Waals surface area contributed by atoms with E-state index < -0.39 is 16.1 Å². The van der Waals surface area contributed by atoms with Gasteiger partial charge in [-0.05, 0) is 66.9 Å². The van der Waals surface area contributed by atoms with Crippen LogP contribution in [0.1, 0.15) is 12.5 Å². The number of rotatable bonds is 7. The molecule has 3 aromatic rings. The van der Waals surface area contributed by atoms with Crippen LogP contribution in [0.5, 0.6) is 5.75 Å². The number of hydrogen-bond donors (Lipinski definition) is 1. The Morgan fingerprint density at radius 1 is 1.13 bits per heavy atom. The van der Waals surface area contributed by atoms with Gasteiger partial charge in [-0.2, -0.15) is 5.26 Å². The van der Waals surface area contributed by atoms with Crippen molar-refractivity contribution in [2.24, 2.45) is 0 Å². The molecule has 1 atom stereocenters. The predicted octanol–water partition coefficient (Wildman–Crippen LogP) is 3.85. The fourth-order valence-electron chi connectivity index (χ4n) is 2.55. The normalized spacial score (nSPS) is 11.9. The van der Waals surface area contributed by atoms with Crippen molar-refractivity contribution >= 4 is 38.6 Å². The van der Waals surface area contributed by atoms with E-state index in [1.165, 1.54) is 11.4 Å². The number of carbonyl (C=O) groups is 1. The highest BCUT2D eigenvalue weighted by atomic mass is 32.2. The number of benzene rings is 2. The number of hydrogen-bond acceptors (Lipinski definition) is 6. The average molecular weight is 442 g/mol. The molecule has 0 bridgehead atoms. The number of nitrogens with one attached hydrogen (secondary N) is 1. The third kappa shape index (κ3) is 4.79. The molecule has 0 saturated carbocycles. The van der Waals surface area contributed by atoms with Gasteiger partial charge >= 0.3 is 0 Å². The van der Waals surface area contributed by atoms with Gasteiger partial charge in [-0.15, -0.1) is 11.3 Å². The van der Waals surface area contributed by atoms with Crippen LogP contribution in [0.25, 0.3) is 0 Å². The molecule has 0 aliphatic carbocycles. The largest absolute Gasteiger partial charge is 0.481 e. The van der Waals surface area contributed by atoms with Crippen LogP contribution in [-0.4, -0.2) is 27.5 Å². The minimum absolute atomic E-state index is 0.262. The lowest BCUT2D eigenvalue weighted by molar-refractivity contribution is -0.122. The maximum Gasteiger partial charge on any atom is 0.273 e. The molecule has 30 heavy (non-hydrogen) atoms. The van der Waals surface area contributed by atoms with Crippen molar-refractivity contribution < 1.29 is 17.9 Å². The summed E-state index contributed by atoms with van der Waals surface area (Å²) < 4.78 is 32.3. The number of thiophene rings is 1. The Hall–Kier alpha value is -3.35. The lowest BCUT2D eigenvalue weighted by atomic mass is 10.2. The first kappa shape index (κ1) is 21.4. The second kappa shape index (κ2) is 8.98. The second-order valence-electron chi connectivity index (χ2n) is 6.34. The van der Waals surface area contributed by atoms with Crippen LogP contribution in [-0.2, 0) is 14.8 Å². The zero-order chi connectivity index (χ0) is 21.7. The molecule has 0 spiro atoms. The van der Waals surface area contributed by atoms with E-state index in [0.717, 1.165) is 11.3 Å². The van der Waals surface area contributed by atoms with Crippen LogP contribution in [0.2, 0.25) is 0 Å². The zero-order valence-corrected chi connectivity index (χ0v) is 17.9. The van der Waals surface area contributed by atoms with E-state index in [2.05, 4.69) is 5.32 Å². The first-order chi connectivity index (χ1) is 14.3. The lowest BCUT2D eigenvalue weighted by Crippen LogP contribution is -2.30. The fraction of sp³-hybridized carbons (Fsp3) is 0.143. The minimum Gasteiger partial charge on any atom is -0.481 e. The molecule has 2 aromatic carbocycles. The highest BCUT2D eigenvalue weighted by Gasteiger charge is 2.22. The minimum atomic E-state index is -3.61. The number of nitriles is 1. The molecule has 0 fully saturated rings. The smallest absolute Gasteiger partial charge is 0.273 e. The van der Waals surface area contributed by atoms with Gasteiger partial charge in [-0.25, -0.2) is 8.42 Å². The SMILES string of the molecule is CC(Oc1ccc(N(C)S(=O)(=O)c2cccs2)cc1)C(=O)Nc1ccc(C#N)cc1. The molecular weight excluding hydrogens is 422 g/mol.